The van der Waals surface area contributed by atoms with E-state index in [-0.39, 0.29) is 12.4 Å². The lowest BCUT2D eigenvalue weighted by molar-refractivity contribution is 0.194. The molecule has 5 heteroatoms. The van der Waals surface area contributed by atoms with Gasteiger partial charge in [0.15, 0.2) is 0 Å². The van der Waals surface area contributed by atoms with Gasteiger partial charge in [-0.2, -0.15) is 5.10 Å². The topological polar surface area (TPSA) is 44.0 Å². The van der Waals surface area contributed by atoms with E-state index in [0.29, 0.717) is 6.04 Å². The van der Waals surface area contributed by atoms with Gasteiger partial charge in [-0.3, -0.25) is 10.00 Å². The second kappa shape index (κ2) is 6.23. The van der Waals surface area contributed by atoms with Crippen LogP contribution in [0, 0.1) is 6.92 Å². The van der Waals surface area contributed by atoms with Crippen molar-refractivity contribution in [2.75, 3.05) is 20.1 Å². The first-order valence-corrected chi connectivity index (χ1v) is 5.68. The maximum absolute atomic E-state index is 4.05. The Hall–Kier alpha value is -0.580. The lowest BCUT2D eigenvalue weighted by Crippen LogP contribution is -2.40. The van der Waals surface area contributed by atoms with Gasteiger partial charge in [0, 0.05) is 23.8 Å². The van der Waals surface area contributed by atoms with E-state index in [1.807, 2.05) is 6.20 Å². The van der Waals surface area contributed by atoms with E-state index >= 15 is 0 Å². The highest BCUT2D eigenvalue weighted by Gasteiger charge is 2.18. The zero-order valence-electron chi connectivity index (χ0n) is 9.99. The fourth-order valence-corrected chi connectivity index (χ4v) is 2.16. The number of halogens is 1. The number of H-pyrrole nitrogens is 1. The van der Waals surface area contributed by atoms with Crippen LogP contribution < -0.4 is 5.32 Å². The van der Waals surface area contributed by atoms with Crippen molar-refractivity contribution in [2.45, 2.75) is 32.4 Å². The molecule has 1 fully saturated rings. The number of nitrogens with one attached hydrogen (secondary N) is 2. The number of rotatable bonds is 3. The van der Waals surface area contributed by atoms with E-state index in [0.717, 1.165) is 6.54 Å². The molecule has 2 rings (SSSR count). The summed E-state index contributed by atoms with van der Waals surface area (Å²) in [7, 11) is 2.06. The van der Waals surface area contributed by atoms with Gasteiger partial charge in [0.2, 0.25) is 0 Å². The second-order valence-electron chi connectivity index (χ2n) is 4.36. The third-order valence-corrected chi connectivity index (χ3v) is 3.32. The Kier molecular flexibility index (Phi) is 5.25. The van der Waals surface area contributed by atoms with Gasteiger partial charge in [-0.25, -0.2) is 0 Å². The molecule has 0 bridgehead atoms. The minimum Gasteiger partial charge on any atom is -0.317 e. The second-order valence-corrected chi connectivity index (χ2v) is 4.36. The van der Waals surface area contributed by atoms with Crippen molar-refractivity contribution in [1.29, 1.82) is 0 Å². The number of nitrogens with zero attached hydrogens (tertiary/aromatic N) is 2. The monoisotopic (exact) mass is 244 g/mol. The maximum atomic E-state index is 4.05. The molecule has 16 heavy (non-hydrogen) atoms. The quantitative estimate of drug-likeness (QED) is 0.843. The Morgan fingerprint density at radius 3 is 2.69 bits per heavy atom. The number of aromatic nitrogens is 2. The van der Waals surface area contributed by atoms with Gasteiger partial charge in [0.1, 0.15) is 0 Å². The number of piperidine rings is 1. The van der Waals surface area contributed by atoms with Crippen molar-refractivity contribution in [1.82, 2.24) is 20.4 Å². The number of likely N-dealkylation sites (tertiary alicyclic amines) is 1. The molecule has 0 saturated carbocycles. The largest absolute Gasteiger partial charge is 0.317 e. The summed E-state index contributed by atoms with van der Waals surface area (Å²) in [4.78, 5) is 2.51. The Morgan fingerprint density at radius 2 is 2.19 bits per heavy atom. The third kappa shape index (κ3) is 3.20. The van der Waals surface area contributed by atoms with E-state index in [2.05, 4.69) is 34.4 Å². The summed E-state index contributed by atoms with van der Waals surface area (Å²) in [6.45, 7) is 5.51. The SMILES string of the molecule is CNC1CCN(Cc2cn[nH]c2C)CC1.Cl. The molecule has 0 aromatic carbocycles. The zero-order chi connectivity index (χ0) is 10.7. The minimum absolute atomic E-state index is 0. The molecule has 2 N–H and O–H groups in total. The van der Waals surface area contributed by atoms with Crippen molar-refractivity contribution in [3.63, 3.8) is 0 Å². The smallest absolute Gasteiger partial charge is 0.0535 e. The normalized spacial score (nSPS) is 18.4. The predicted molar refractivity (Wildman–Crippen MR) is 67.9 cm³/mol. The van der Waals surface area contributed by atoms with Crippen LogP contribution in [0.4, 0.5) is 0 Å². The van der Waals surface area contributed by atoms with E-state index in [1.54, 1.807) is 0 Å². The zero-order valence-corrected chi connectivity index (χ0v) is 10.8. The average Bonchev–Trinajstić information content (AvgIpc) is 2.66. The summed E-state index contributed by atoms with van der Waals surface area (Å²) in [5.74, 6) is 0. The lowest BCUT2D eigenvalue weighted by atomic mass is 10.0. The van der Waals surface area contributed by atoms with E-state index < -0.39 is 0 Å². The van der Waals surface area contributed by atoms with Crippen LogP contribution in [0.5, 0.6) is 0 Å². The molecule has 0 unspecified atom stereocenters. The predicted octanol–water partition coefficient (Wildman–Crippen LogP) is 1.32. The molecule has 0 radical (unpaired) electrons. The summed E-state index contributed by atoms with van der Waals surface area (Å²) in [5.41, 5.74) is 2.53. The van der Waals surface area contributed by atoms with Crippen molar-refractivity contribution in [2.24, 2.45) is 0 Å². The van der Waals surface area contributed by atoms with Crippen LogP contribution in [0.25, 0.3) is 0 Å². The third-order valence-electron chi connectivity index (χ3n) is 3.32. The van der Waals surface area contributed by atoms with Crippen LogP contribution in [-0.2, 0) is 6.54 Å². The van der Waals surface area contributed by atoms with Gasteiger partial charge in [-0.05, 0) is 39.9 Å². The van der Waals surface area contributed by atoms with E-state index in [1.165, 1.54) is 37.2 Å². The van der Waals surface area contributed by atoms with E-state index in [9.17, 15) is 0 Å². The highest BCUT2D eigenvalue weighted by Crippen LogP contribution is 2.14. The van der Waals surface area contributed by atoms with Crippen molar-refractivity contribution in [3.05, 3.63) is 17.5 Å². The molecule has 0 spiro atoms. The molecule has 1 aromatic rings. The first-order valence-electron chi connectivity index (χ1n) is 5.68. The minimum atomic E-state index is 0. The molecule has 1 saturated heterocycles. The molecular weight excluding hydrogens is 224 g/mol. The highest BCUT2D eigenvalue weighted by molar-refractivity contribution is 5.85. The first kappa shape index (κ1) is 13.5. The van der Waals surface area contributed by atoms with Crippen LogP contribution in [0.3, 0.4) is 0 Å². The summed E-state index contributed by atoms with van der Waals surface area (Å²) in [6.07, 6.45) is 4.46. The van der Waals surface area contributed by atoms with Crippen molar-refractivity contribution in [3.8, 4) is 0 Å². The van der Waals surface area contributed by atoms with Gasteiger partial charge in [-0.1, -0.05) is 0 Å². The summed E-state index contributed by atoms with van der Waals surface area (Å²) < 4.78 is 0. The maximum Gasteiger partial charge on any atom is 0.0535 e. The van der Waals surface area contributed by atoms with E-state index in [4.69, 9.17) is 0 Å². The fraction of sp³-hybridized carbons (Fsp3) is 0.727. The van der Waals surface area contributed by atoms with Crippen molar-refractivity contribution < 1.29 is 0 Å². The van der Waals surface area contributed by atoms with Gasteiger partial charge in [0.25, 0.3) is 0 Å². The van der Waals surface area contributed by atoms with Gasteiger partial charge >= 0.3 is 0 Å². The summed E-state index contributed by atoms with van der Waals surface area (Å²) >= 11 is 0. The van der Waals surface area contributed by atoms with Crippen LogP contribution in [0.15, 0.2) is 6.20 Å². The van der Waals surface area contributed by atoms with Gasteiger partial charge in [-0.15, -0.1) is 12.4 Å². The molecule has 4 nitrogen and oxygen atoms in total. The first-order chi connectivity index (χ1) is 7.29. The lowest BCUT2D eigenvalue weighted by Gasteiger charge is -2.31. The number of hydrogen-bond acceptors (Lipinski definition) is 3. The molecule has 1 aromatic heterocycles. The standard InChI is InChI=1S/C11H20N4.ClH/c1-9-10(7-13-14-9)8-15-5-3-11(12-2)4-6-15;/h7,11-12H,3-6,8H2,1-2H3,(H,13,14);1H. The number of aryl methyl sites for hydroxylation is 1. The summed E-state index contributed by atoms with van der Waals surface area (Å²) in [5, 5.41) is 10.4. The Balaban J connectivity index is 0.00000128. The molecule has 1 aliphatic rings. The molecule has 0 amide bonds. The Labute approximate surface area is 103 Å². The highest BCUT2D eigenvalue weighted by atomic mass is 35.5. The molecule has 0 aliphatic carbocycles. The molecule has 1 aliphatic heterocycles. The average molecular weight is 245 g/mol. The fourth-order valence-electron chi connectivity index (χ4n) is 2.16. The van der Waals surface area contributed by atoms with Crippen LogP contribution >= 0.6 is 12.4 Å². The number of aromatic amines is 1. The molecule has 2 heterocycles. The van der Waals surface area contributed by atoms with Crippen molar-refractivity contribution >= 4 is 12.4 Å². The Morgan fingerprint density at radius 1 is 1.50 bits per heavy atom. The van der Waals surface area contributed by atoms with Gasteiger partial charge < -0.3 is 5.32 Å². The molecule has 92 valence electrons. The van der Waals surface area contributed by atoms with Gasteiger partial charge in [0.05, 0.1) is 6.20 Å². The van der Waals surface area contributed by atoms with Crippen LogP contribution in [0.2, 0.25) is 0 Å². The van der Waals surface area contributed by atoms with Crippen LogP contribution in [0.1, 0.15) is 24.1 Å². The molecular formula is C11H21ClN4. The summed E-state index contributed by atoms with van der Waals surface area (Å²) in [6, 6.07) is 0.715. The number of hydrogen-bond donors (Lipinski definition) is 2. The van der Waals surface area contributed by atoms with Crippen LogP contribution in [-0.4, -0.2) is 41.3 Å². The molecule has 0 atom stereocenters. The Bertz CT molecular complexity index is 305.